The monoisotopic (exact) mass is 233 g/mol. The summed E-state index contributed by atoms with van der Waals surface area (Å²) in [4.78, 5) is 0. The van der Waals surface area contributed by atoms with Gasteiger partial charge in [0.25, 0.3) is 0 Å². The molecule has 90 valence electrons. The summed E-state index contributed by atoms with van der Waals surface area (Å²) in [6, 6.07) is 4.98. The molecular formula is C14H16FNO. The molecule has 1 N–H and O–H groups in total. The Morgan fingerprint density at radius 1 is 1.29 bits per heavy atom. The Balaban J connectivity index is 1.90. The summed E-state index contributed by atoms with van der Waals surface area (Å²) in [5.41, 5.74) is 1.86. The van der Waals surface area contributed by atoms with Crippen molar-refractivity contribution in [1.82, 2.24) is 5.32 Å². The lowest BCUT2D eigenvalue weighted by atomic mass is 9.90. The third-order valence-electron chi connectivity index (χ3n) is 3.56. The third-order valence-corrected chi connectivity index (χ3v) is 3.56. The predicted octanol–water partition coefficient (Wildman–Crippen LogP) is 3.11. The van der Waals surface area contributed by atoms with Crippen LogP contribution in [0.5, 0.6) is 0 Å². The van der Waals surface area contributed by atoms with Gasteiger partial charge in [0.15, 0.2) is 0 Å². The van der Waals surface area contributed by atoms with Crippen molar-refractivity contribution in [2.24, 2.45) is 5.92 Å². The van der Waals surface area contributed by atoms with Crippen LogP contribution in [0.4, 0.5) is 4.39 Å². The maximum atomic E-state index is 13.5. The number of furan rings is 1. The minimum Gasteiger partial charge on any atom is -0.464 e. The van der Waals surface area contributed by atoms with Crippen LogP contribution in [0, 0.1) is 11.7 Å². The molecule has 2 nitrogen and oxygen atoms in total. The molecule has 1 aromatic heterocycles. The van der Waals surface area contributed by atoms with Gasteiger partial charge in [0, 0.05) is 5.39 Å². The lowest BCUT2D eigenvalue weighted by Crippen LogP contribution is -2.28. The number of nitrogens with one attached hydrogen (secondary N) is 1. The third kappa shape index (κ3) is 2.20. The summed E-state index contributed by atoms with van der Waals surface area (Å²) >= 11 is 0. The fourth-order valence-corrected chi connectivity index (χ4v) is 2.66. The molecule has 0 aliphatic carbocycles. The second-order valence-electron chi connectivity index (χ2n) is 4.80. The Morgan fingerprint density at radius 3 is 2.94 bits per heavy atom. The molecular weight excluding hydrogens is 217 g/mol. The van der Waals surface area contributed by atoms with E-state index in [9.17, 15) is 4.39 Å². The van der Waals surface area contributed by atoms with E-state index < -0.39 is 0 Å². The zero-order chi connectivity index (χ0) is 11.7. The highest BCUT2D eigenvalue weighted by atomic mass is 19.1. The van der Waals surface area contributed by atoms with Crippen LogP contribution in [0.2, 0.25) is 0 Å². The number of rotatable bonds is 2. The summed E-state index contributed by atoms with van der Waals surface area (Å²) < 4.78 is 18.9. The van der Waals surface area contributed by atoms with Crippen molar-refractivity contribution >= 4 is 11.0 Å². The highest BCUT2D eigenvalue weighted by Crippen LogP contribution is 2.26. The van der Waals surface area contributed by atoms with E-state index in [1.165, 1.54) is 18.9 Å². The minimum absolute atomic E-state index is 0.164. The van der Waals surface area contributed by atoms with E-state index >= 15 is 0 Å². The normalized spacial score (nSPS) is 17.7. The van der Waals surface area contributed by atoms with Gasteiger partial charge in [-0.3, -0.25) is 0 Å². The quantitative estimate of drug-likeness (QED) is 0.862. The number of piperidine rings is 1. The standard InChI is InChI=1S/C14H16FNO/c15-13-8-11-3-6-17-14(11)12(9-13)7-10-1-4-16-5-2-10/h3,6,8-10,16H,1-2,4-5,7H2. The Kier molecular flexibility index (Phi) is 2.85. The molecule has 0 saturated carbocycles. The molecule has 17 heavy (non-hydrogen) atoms. The number of hydrogen-bond acceptors (Lipinski definition) is 2. The van der Waals surface area contributed by atoms with Gasteiger partial charge in [-0.2, -0.15) is 0 Å². The van der Waals surface area contributed by atoms with E-state index in [0.717, 1.165) is 36.0 Å². The van der Waals surface area contributed by atoms with Crippen LogP contribution in [0.1, 0.15) is 18.4 Å². The fraction of sp³-hybridized carbons (Fsp3) is 0.429. The van der Waals surface area contributed by atoms with Crippen molar-refractivity contribution in [2.75, 3.05) is 13.1 Å². The maximum Gasteiger partial charge on any atom is 0.137 e. The van der Waals surface area contributed by atoms with Crippen LogP contribution in [0.3, 0.4) is 0 Å². The van der Waals surface area contributed by atoms with E-state index in [1.54, 1.807) is 12.3 Å². The molecule has 1 fully saturated rings. The number of hydrogen-bond donors (Lipinski definition) is 1. The van der Waals surface area contributed by atoms with Gasteiger partial charge in [-0.25, -0.2) is 4.39 Å². The molecule has 2 aromatic rings. The van der Waals surface area contributed by atoms with Crippen molar-refractivity contribution in [1.29, 1.82) is 0 Å². The van der Waals surface area contributed by atoms with Crippen LogP contribution in [0.25, 0.3) is 11.0 Å². The molecule has 3 rings (SSSR count). The zero-order valence-electron chi connectivity index (χ0n) is 9.71. The first-order valence-corrected chi connectivity index (χ1v) is 6.19. The van der Waals surface area contributed by atoms with Gasteiger partial charge in [0.2, 0.25) is 0 Å². The summed E-state index contributed by atoms with van der Waals surface area (Å²) in [7, 11) is 0. The van der Waals surface area contributed by atoms with Crippen molar-refractivity contribution < 1.29 is 8.81 Å². The van der Waals surface area contributed by atoms with Crippen molar-refractivity contribution in [2.45, 2.75) is 19.3 Å². The summed E-state index contributed by atoms with van der Waals surface area (Å²) in [6.07, 6.45) is 4.89. The molecule has 1 aliphatic heterocycles. The fourth-order valence-electron chi connectivity index (χ4n) is 2.66. The molecule has 0 bridgehead atoms. The van der Waals surface area contributed by atoms with Gasteiger partial charge < -0.3 is 9.73 Å². The largest absolute Gasteiger partial charge is 0.464 e. The summed E-state index contributed by atoms with van der Waals surface area (Å²) in [5, 5.41) is 4.22. The first kappa shape index (κ1) is 10.8. The molecule has 1 aromatic carbocycles. The van der Waals surface area contributed by atoms with E-state index in [2.05, 4.69) is 5.32 Å². The van der Waals surface area contributed by atoms with Crippen LogP contribution >= 0.6 is 0 Å². The van der Waals surface area contributed by atoms with Crippen LogP contribution in [-0.2, 0) is 6.42 Å². The predicted molar refractivity (Wildman–Crippen MR) is 65.5 cm³/mol. The molecule has 0 spiro atoms. The molecule has 1 aliphatic rings. The highest BCUT2D eigenvalue weighted by Gasteiger charge is 2.16. The Morgan fingerprint density at radius 2 is 2.12 bits per heavy atom. The lowest BCUT2D eigenvalue weighted by molar-refractivity contribution is 0.372. The van der Waals surface area contributed by atoms with Crippen LogP contribution in [-0.4, -0.2) is 13.1 Å². The minimum atomic E-state index is -0.164. The van der Waals surface area contributed by atoms with Crippen molar-refractivity contribution in [3.05, 3.63) is 35.8 Å². The number of halogens is 1. The Labute approximate surface area is 99.8 Å². The van der Waals surface area contributed by atoms with Crippen LogP contribution in [0.15, 0.2) is 28.9 Å². The average molecular weight is 233 g/mol. The Hall–Kier alpha value is -1.35. The molecule has 2 heterocycles. The van der Waals surface area contributed by atoms with E-state index in [-0.39, 0.29) is 5.82 Å². The van der Waals surface area contributed by atoms with Crippen molar-refractivity contribution in [3.8, 4) is 0 Å². The van der Waals surface area contributed by atoms with Gasteiger partial charge in [0.1, 0.15) is 11.4 Å². The maximum absolute atomic E-state index is 13.5. The molecule has 3 heteroatoms. The van der Waals surface area contributed by atoms with Gasteiger partial charge in [0.05, 0.1) is 6.26 Å². The topological polar surface area (TPSA) is 25.2 Å². The number of benzene rings is 1. The van der Waals surface area contributed by atoms with E-state index in [4.69, 9.17) is 4.42 Å². The second-order valence-corrected chi connectivity index (χ2v) is 4.80. The Bertz CT molecular complexity index is 514. The second kappa shape index (κ2) is 4.49. The van der Waals surface area contributed by atoms with E-state index in [1.807, 2.05) is 6.07 Å². The molecule has 0 amide bonds. The molecule has 0 radical (unpaired) electrons. The summed E-state index contributed by atoms with van der Waals surface area (Å²) in [5.74, 6) is 0.481. The summed E-state index contributed by atoms with van der Waals surface area (Å²) in [6.45, 7) is 2.14. The van der Waals surface area contributed by atoms with Crippen molar-refractivity contribution in [3.63, 3.8) is 0 Å². The SMILES string of the molecule is Fc1cc(CC2CCNCC2)c2occc2c1. The van der Waals surface area contributed by atoms with Gasteiger partial charge in [-0.1, -0.05) is 0 Å². The van der Waals surface area contributed by atoms with Gasteiger partial charge in [-0.05, 0) is 62.0 Å². The molecule has 0 atom stereocenters. The highest BCUT2D eigenvalue weighted by molar-refractivity contribution is 5.80. The number of fused-ring (bicyclic) bond motifs is 1. The molecule has 1 saturated heterocycles. The van der Waals surface area contributed by atoms with Gasteiger partial charge >= 0.3 is 0 Å². The first-order chi connectivity index (χ1) is 8.33. The zero-order valence-corrected chi connectivity index (χ0v) is 9.71. The molecule has 0 unspecified atom stereocenters. The first-order valence-electron chi connectivity index (χ1n) is 6.19. The van der Waals surface area contributed by atoms with Crippen LogP contribution < -0.4 is 5.32 Å². The average Bonchev–Trinajstić information content (AvgIpc) is 2.78. The van der Waals surface area contributed by atoms with Gasteiger partial charge in [-0.15, -0.1) is 0 Å². The van der Waals surface area contributed by atoms with E-state index in [0.29, 0.717) is 5.92 Å². The lowest BCUT2D eigenvalue weighted by Gasteiger charge is -2.22. The smallest absolute Gasteiger partial charge is 0.137 e.